The van der Waals surface area contributed by atoms with Crippen LogP contribution in [0.3, 0.4) is 0 Å². The molecule has 0 saturated heterocycles. The van der Waals surface area contributed by atoms with Crippen LogP contribution in [0.2, 0.25) is 0 Å². The van der Waals surface area contributed by atoms with Gasteiger partial charge in [0.15, 0.2) is 0 Å². The van der Waals surface area contributed by atoms with Crippen molar-refractivity contribution in [3.63, 3.8) is 0 Å². The van der Waals surface area contributed by atoms with E-state index in [2.05, 4.69) is 21.4 Å². The number of methoxy groups -OCH3 is 1. The summed E-state index contributed by atoms with van der Waals surface area (Å²) < 4.78 is 5.13. The fraction of sp³-hybridized carbons (Fsp3) is 0.190. The van der Waals surface area contributed by atoms with Crippen LogP contribution in [0.1, 0.15) is 35.0 Å². The lowest BCUT2D eigenvalue weighted by atomic mass is 9.89. The van der Waals surface area contributed by atoms with Gasteiger partial charge in [-0.15, -0.1) is 11.3 Å². The van der Waals surface area contributed by atoms with Gasteiger partial charge in [-0.2, -0.15) is 5.26 Å². The lowest BCUT2D eigenvalue weighted by molar-refractivity contribution is 0.243. The number of benzene rings is 1. The molecule has 0 aliphatic carbocycles. The van der Waals surface area contributed by atoms with Gasteiger partial charge in [0.25, 0.3) is 0 Å². The van der Waals surface area contributed by atoms with Crippen LogP contribution in [0, 0.1) is 11.3 Å². The number of hydrogen-bond donors (Lipinski definition) is 1. The number of ether oxygens (including phenoxy) is 1. The number of carbonyl (C=O) groups is 1. The third-order valence-corrected chi connectivity index (χ3v) is 5.69. The van der Waals surface area contributed by atoms with Gasteiger partial charge in [0, 0.05) is 28.9 Å². The highest BCUT2D eigenvalue weighted by Gasteiger charge is 2.35. The summed E-state index contributed by atoms with van der Waals surface area (Å²) >= 11 is 1.52. The summed E-state index contributed by atoms with van der Waals surface area (Å²) in [6.07, 6.45) is 1.70. The first-order chi connectivity index (χ1) is 14.1. The van der Waals surface area contributed by atoms with Crippen LogP contribution in [0.4, 0.5) is 4.79 Å². The minimum atomic E-state index is -0.372. The third kappa shape index (κ3) is 3.73. The summed E-state index contributed by atoms with van der Waals surface area (Å²) in [7, 11) is 1.56. The second-order valence-electron chi connectivity index (χ2n) is 6.55. The minimum absolute atomic E-state index is 0.194. The molecule has 8 heteroatoms. The topological polar surface area (TPSA) is 100 Å². The largest absolute Gasteiger partial charge is 0.481 e. The summed E-state index contributed by atoms with van der Waals surface area (Å²) in [5.74, 6) is 0.315. The van der Waals surface area contributed by atoms with Crippen molar-refractivity contribution in [3.05, 3.63) is 64.1 Å². The number of nitriles is 1. The standard InChI is InChI=1S/C21H17N5O2S/c1-12-18(19(26-21(27)24-12)15-7-8-17(28-2)23-10-15)20-25-16(11-29-20)14-5-3-13(9-22)4-6-14/h3-8,10-11,18-19H,1-2H3,(H,26,27). The number of urea groups is 1. The predicted molar refractivity (Wildman–Crippen MR) is 110 cm³/mol. The fourth-order valence-electron chi connectivity index (χ4n) is 3.29. The molecule has 144 valence electrons. The summed E-state index contributed by atoms with van der Waals surface area (Å²) in [6.45, 7) is 1.84. The monoisotopic (exact) mass is 403 g/mol. The molecule has 0 radical (unpaired) electrons. The molecular weight excluding hydrogens is 386 g/mol. The van der Waals surface area contributed by atoms with Crippen LogP contribution in [-0.2, 0) is 0 Å². The van der Waals surface area contributed by atoms with E-state index >= 15 is 0 Å². The first-order valence-electron chi connectivity index (χ1n) is 8.90. The zero-order valence-corrected chi connectivity index (χ0v) is 16.6. The van der Waals surface area contributed by atoms with Gasteiger partial charge in [0.1, 0.15) is 5.01 Å². The maximum Gasteiger partial charge on any atom is 0.341 e. The smallest absolute Gasteiger partial charge is 0.341 e. The number of hydrogen-bond acceptors (Lipinski definition) is 6. The Balaban J connectivity index is 1.70. The summed E-state index contributed by atoms with van der Waals surface area (Å²) in [6, 6.07) is 12.4. The van der Waals surface area contributed by atoms with Gasteiger partial charge in [0.05, 0.1) is 36.4 Å². The van der Waals surface area contributed by atoms with E-state index in [0.29, 0.717) is 17.2 Å². The van der Waals surface area contributed by atoms with Crippen molar-refractivity contribution in [1.82, 2.24) is 15.3 Å². The highest BCUT2D eigenvalue weighted by Crippen LogP contribution is 2.38. The Bertz CT molecular complexity index is 1110. The van der Waals surface area contributed by atoms with Crippen LogP contribution < -0.4 is 10.1 Å². The van der Waals surface area contributed by atoms with Crippen LogP contribution in [-0.4, -0.2) is 28.8 Å². The van der Waals surface area contributed by atoms with Crippen LogP contribution in [0.5, 0.6) is 5.88 Å². The maximum atomic E-state index is 12.1. The summed E-state index contributed by atoms with van der Waals surface area (Å²) in [4.78, 5) is 25.2. The molecule has 2 atom stereocenters. The van der Waals surface area contributed by atoms with Gasteiger partial charge in [-0.05, 0) is 24.6 Å². The molecule has 2 aromatic heterocycles. The molecule has 2 unspecified atom stereocenters. The van der Waals surface area contributed by atoms with Crippen LogP contribution in [0.25, 0.3) is 11.3 Å². The molecule has 29 heavy (non-hydrogen) atoms. The number of nitrogens with zero attached hydrogens (tertiary/aromatic N) is 4. The molecule has 0 saturated carbocycles. The molecule has 0 fully saturated rings. The van der Waals surface area contributed by atoms with E-state index < -0.39 is 0 Å². The van der Waals surface area contributed by atoms with Crippen molar-refractivity contribution in [1.29, 1.82) is 5.26 Å². The molecular formula is C21H17N5O2S. The van der Waals surface area contributed by atoms with Crippen LogP contribution >= 0.6 is 11.3 Å². The number of pyridine rings is 1. The van der Waals surface area contributed by atoms with Crippen molar-refractivity contribution >= 4 is 23.1 Å². The summed E-state index contributed by atoms with van der Waals surface area (Å²) in [5.41, 5.74) is 3.92. The van der Waals surface area contributed by atoms with Gasteiger partial charge in [0.2, 0.25) is 5.88 Å². The van der Waals surface area contributed by atoms with E-state index in [1.54, 1.807) is 31.5 Å². The van der Waals surface area contributed by atoms with E-state index in [9.17, 15) is 4.79 Å². The second-order valence-corrected chi connectivity index (χ2v) is 7.44. The molecule has 4 rings (SSSR count). The quantitative estimate of drug-likeness (QED) is 0.707. The Hall–Kier alpha value is -3.57. The molecule has 7 nitrogen and oxygen atoms in total. The Labute approximate surface area is 171 Å². The number of carbonyl (C=O) groups excluding carboxylic acids is 1. The number of thiazole rings is 1. The molecule has 2 amide bonds. The zero-order chi connectivity index (χ0) is 20.4. The van der Waals surface area contributed by atoms with Gasteiger partial charge >= 0.3 is 6.03 Å². The Kier molecular flexibility index (Phi) is 5.06. The average Bonchev–Trinajstić information content (AvgIpc) is 3.23. The lowest BCUT2D eigenvalue weighted by Crippen LogP contribution is -2.38. The van der Waals surface area contributed by atoms with Crippen LogP contribution in [0.15, 0.2) is 53.0 Å². The zero-order valence-electron chi connectivity index (χ0n) is 15.8. The lowest BCUT2D eigenvalue weighted by Gasteiger charge is -2.29. The van der Waals surface area contributed by atoms with Crippen molar-refractivity contribution in [2.24, 2.45) is 4.99 Å². The van der Waals surface area contributed by atoms with Gasteiger partial charge in [-0.25, -0.2) is 19.8 Å². The summed E-state index contributed by atoms with van der Waals surface area (Å²) in [5, 5.41) is 14.7. The molecule has 1 N–H and O–H groups in total. The SMILES string of the molecule is COc1ccc(C2NC(=O)N=C(C)C2c2nc(-c3ccc(C#N)cc3)cs2)cn1. The molecule has 0 bridgehead atoms. The molecule has 3 aromatic rings. The van der Waals surface area contributed by atoms with Crippen molar-refractivity contribution in [3.8, 4) is 23.2 Å². The molecule has 0 spiro atoms. The van der Waals surface area contributed by atoms with E-state index in [4.69, 9.17) is 15.0 Å². The maximum absolute atomic E-state index is 12.1. The van der Waals surface area contributed by atoms with E-state index in [0.717, 1.165) is 21.8 Å². The number of aliphatic imine (C=N–C) groups is 1. The van der Waals surface area contributed by atoms with E-state index in [-0.39, 0.29) is 18.0 Å². The Morgan fingerprint density at radius 3 is 2.66 bits per heavy atom. The third-order valence-electron chi connectivity index (χ3n) is 4.77. The highest BCUT2D eigenvalue weighted by atomic mass is 32.1. The fourth-order valence-corrected chi connectivity index (χ4v) is 4.32. The van der Waals surface area contributed by atoms with Crippen molar-refractivity contribution in [2.45, 2.75) is 18.9 Å². The number of aromatic nitrogens is 2. The first-order valence-corrected chi connectivity index (χ1v) is 9.78. The molecule has 1 aromatic carbocycles. The van der Waals surface area contributed by atoms with Crippen molar-refractivity contribution in [2.75, 3.05) is 7.11 Å². The van der Waals surface area contributed by atoms with Gasteiger partial charge in [-0.1, -0.05) is 18.2 Å². The average molecular weight is 403 g/mol. The second kappa shape index (κ2) is 7.81. The highest BCUT2D eigenvalue weighted by molar-refractivity contribution is 7.10. The molecule has 1 aliphatic heterocycles. The number of amides is 2. The first kappa shape index (κ1) is 18.8. The number of nitrogens with one attached hydrogen (secondary N) is 1. The van der Waals surface area contributed by atoms with Gasteiger partial charge < -0.3 is 10.1 Å². The normalized spacial score (nSPS) is 18.5. The van der Waals surface area contributed by atoms with Crippen molar-refractivity contribution < 1.29 is 9.53 Å². The van der Waals surface area contributed by atoms with E-state index in [1.807, 2.05) is 30.5 Å². The molecule has 1 aliphatic rings. The number of rotatable bonds is 4. The Morgan fingerprint density at radius 1 is 1.21 bits per heavy atom. The molecule has 3 heterocycles. The van der Waals surface area contributed by atoms with Gasteiger partial charge in [-0.3, -0.25) is 0 Å². The van der Waals surface area contributed by atoms with E-state index in [1.165, 1.54) is 11.3 Å². The Morgan fingerprint density at radius 2 is 2.00 bits per heavy atom. The predicted octanol–water partition coefficient (Wildman–Crippen LogP) is 4.09. The minimum Gasteiger partial charge on any atom is -0.481 e.